The van der Waals surface area contributed by atoms with Crippen LogP contribution in [-0.2, 0) is 16.6 Å². The minimum Gasteiger partial charge on any atom is -0.320 e. The number of hydrogen-bond acceptors (Lipinski definition) is 6. The number of aromatic nitrogens is 4. The lowest BCUT2D eigenvalue weighted by atomic mass is 10.3. The average molecular weight is 306 g/mol. The van der Waals surface area contributed by atoms with Crippen molar-refractivity contribution >= 4 is 10.0 Å². The second kappa shape index (κ2) is 6.94. The van der Waals surface area contributed by atoms with Gasteiger partial charge in [-0.2, -0.15) is 0 Å². The zero-order valence-corrected chi connectivity index (χ0v) is 11.9. The number of rotatable bonds is 5. The molecule has 0 radical (unpaired) electrons. The fraction of sp³-hybridized carbons (Fsp3) is 0.250. The van der Waals surface area contributed by atoms with Crippen LogP contribution in [0.3, 0.4) is 0 Å². The molecule has 2 aromatic heterocycles. The molecule has 0 aliphatic carbocycles. The third kappa shape index (κ3) is 4.35. The van der Waals surface area contributed by atoms with Gasteiger partial charge in [-0.05, 0) is 6.07 Å². The Morgan fingerprint density at radius 1 is 1.38 bits per heavy atom. The first-order valence-corrected chi connectivity index (χ1v) is 7.58. The normalized spacial score (nSPS) is 10.9. The van der Waals surface area contributed by atoms with Crippen LogP contribution < -0.4 is 10.5 Å². The Bertz CT molecular complexity index is 746. The second-order valence-corrected chi connectivity index (χ2v) is 5.75. The molecule has 0 unspecified atom stereocenters. The number of hydrogen-bond donors (Lipinski definition) is 2. The van der Waals surface area contributed by atoms with Crippen molar-refractivity contribution in [3.8, 4) is 11.8 Å². The van der Waals surface area contributed by atoms with Gasteiger partial charge in [0.1, 0.15) is 4.90 Å². The third-order valence-electron chi connectivity index (χ3n) is 2.46. The van der Waals surface area contributed by atoms with Gasteiger partial charge in [0.05, 0.1) is 19.3 Å². The molecule has 0 aliphatic rings. The number of nitrogens with zero attached hydrogens (tertiary/aromatic N) is 4. The topological polar surface area (TPSA) is 116 Å². The molecule has 3 N–H and O–H groups in total. The molecule has 0 amide bonds. The highest BCUT2D eigenvalue weighted by Gasteiger charge is 2.14. The Labute approximate surface area is 122 Å². The van der Waals surface area contributed by atoms with E-state index in [1.165, 1.54) is 29.3 Å². The Kier molecular flexibility index (Phi) is 4.99. The zero-order valence-electron chi connectivity index (χ0n) is 11.1. The fourth-order valence-electron chi connectivity index (χ4n) is 1.52. The van der Waals surface area contributed by atoms with E-state index in [1.54, 1.807) is 6.20 Å². The van der Waals surface area contributed by atoms with E-state index in [4.69, 9.17) is 5.73 Å². The lowest BCUT2D eigenvalue weighted by Crippen LogP contribution is -2.27. The van der Waals surface area contributed by atoms with Gasteiger partial charge in [0.25, 0.3) is 0 Å². The van der Waals surface area contributed by atoms with Crippen molar-refractivity contribution in [1.29, 1.82) is 0 Å². The molecule has 0 aliphatic heterocycles. The number of nitrogens with two attached hydrogens (primary N) is 1. The summed E-state index contributed by atoms with van der Waals surface area (Å²) in [5.74, 6) is 5.39. The van der Waals surface area contributed by atoms with E-state index in [9.17, 15) is 8.42 Å². The van der Waals surface area contributed by atoms with Crippen LogP contribution in [0.15, 0.2) is 35.7 Å². The zero-order chi connectivity index (χ0) is 15.1. The summed E-state index contributed by atoms with van der Waals surface area (Å²) in [5.41, 5.74) is 5.77. The molecular formula is C12H14N6O2S. The van der Waals surface area contributed by atoms with E-state index in [0.717, 1.165) is 0 Å². The molecule has 2 rings (SSSR count). The van der Waals surface area contributed by atoms with Gasteiger partial charge in [-0.1, -0.05) is 17.1 Å². The maximum Gasteiger partial charge on any atom is 0.242 e. The van der Waals surface area contributed by atoms with E-state index < -0.39 is 10.0 Å². The molecule has 0 spiro atoms. The SMILES string of the molecule is NCC#Cc1cncc(S(=O)(=O)NCCn2ccnn2)c1. The maximum absolute atomic E-state index is 12.1. The van der Waals surface area contributed by atoms with Crippen molar-refractivity contribution in [3.63, 3.8) is 0 Å². The summed E-state index contributed by atoms with van der Waals surface area (Å²) in [6.07, 6.45) is 5.93. The lowest BCUT2D eigenvalue weighted by molar-refractivity contribution is 0.552. The van der Waals surface area contributed by atoms with Crippen molar-refractivity contribution in [2.45, 2.75) is 11.4 Å². The number of pyridine rings is 1. The highest BCUT2D eigenvalue weighted by atomic mass is 32.2. The summed E-state index contributed by atoms with van der Waals surface area (Å²) in [6, 6.07) is 1.45. The van der Waals surface area contributed by atoms with Gasteiger partial charge in [0, 0.05) is 30.7 Å². The van der Waals surface area contributed by atoms with Gasteiger partial charge < -0.3 is 5.73 Å². The molecule has 0 bridgehead atoms. The van der Waals surface area contributed by atoms with Gasteiger partial charge in [0.2, 0.25) is 10.0 Å². The van der Waals surface area contributed by atoms with Crippen molar-refractivity contribution in [2.24, 2.45) is 5.73 Å². The van der Waals surface area contributed by atoms with Crippen LogP contribution in [0.5, 0.6) is 0 Å². The van der Waals surface area contributed by atoms with Crippen LogP contribution in [0.2, 0.25) is 0 Å². The van der Waals surface area contributed by atoms with Crippen molar-refractivity contribution in [2.75, 3.05) is 13.1 Å². The predicted octanol–water partition coefficient (Wildman–Crippen LogP) is -1.04. The Hall–Kier alpha value is -2.28. The molecule has 110 valence electrons. The summed E-state index contributed by atoms with van der Waals surface area (Å²) in [6.45, 7) is 0.789. The summed E-state index contributed by atoms with van der Waals surface area (Å²) in [4.78, 5) is 3.93. The van der Waals surface area contributed by atoms with Crippen molar-refractivity contribution in [1.82, 2.24) is 24.7 Å². The van der Waals surface area contributed by atoms with Gasteiger partial charge >= 0.3 is 0 Å². The molecule has 0 saturated carbocycles. The molecule has 0 fully saturated rings. The van der Waals surface area contributed by atoms with E-state index in [0.29, 0.717) is 12.1 Å². The molecule has 8 nitrogen and oxygen atoms in total. The summed E-state index contributed by atoms with van der Waals surface area (Å²) >= 11 is 0. The van der Waals surface area contributed by atoms with Gasteiger partial charge in [-0.3, -0.25) is 9.67 Å². The largest absolute Gasteiger partial charge is 0.320 e. The first kappa shape index (κ1) is 15.1. The second-order valence-electron chi connectivity index (χ2n) is 3.98. The van der Waals surface area contributed by atoms with Gasteiger partial charge in [-0.15, -0.1) is 5.10 Å². The van der Waals surface area contributed by atoms with E-state index in [-0.39, 0.29) is 18.0 Å². The maximum atomic E-state index is 12.1. The van der Waals surface area contributed by atoms with Crippen molar-refractivity contribution < 1.29 is 8.42 Å². The molecule has 0 atom stereocenters. The molecule has 9 heteroatoms. The molecule has 0 aromatic carbocycles. The fourth-order valence-corrected chi connectivity index (χ4v) is 2.53. The van der Waals surface area contributed by atoms with Crippen LogP contribution in [-0.4, -0.2) is 41.5 Å². The minimum atomic E-state index is -3.63. The van der Waals surface area contributed by atoms with Crippen LogP contribution >= 0.6 is 0 Å². The van der Waals surface area contributed by atoms with Gasteiger partial charge in [0.15, 0.2) is 0 Å². The minimum absolute atomic E-state index is 0.0601. The lowest BCUT2D eigenvalue weighted by Gasteiger charge is -2.06. The van der Waals surface area contributed by atoms with Crippen LogP contribution in [0.1, 0.15) is 5.56 Å². The Morgan fingerprint density at radius 3 is 2.95 bits per heavy atom. The smallest absolute Gasteiger partial charge is 0.242 e. The monoisotopic (exact) mass is 306 g/mol. The highest BCUT2D eigenvalue weighted by Crippen LogP contribution is 2.08. The highest BCUT2D eigenvalue weighted by molar-refractivity contribution is 7.89. The summed E-state index contributed by atoms with van der Waals surface area (Å²) < 4.78 is 28.2. The molecule has 2 heterocycles. The first-order chi connectivity index (χ1) is 10.1. The quantitative estimate of drug-likeness (QED) is 0.682. The summed E-state index contributed by atoms with van der Waals surface area (Å²) in [5, 5.41) is 7.38. The van der Waals surface area contributed by atoms with Crippen LogP contribution in [0.4, 0.5) is 0 Å². The van der Waals surface area contributed by atoms with Crippen LogP contribution in [0.25, 0.3) is 0 Å². The average Bonchev–Trinajstić information content (AvgIpc) is 2.98. The van der Waals surface area contributed by atoms with E-state index in [2.05, 4.69) is 31.9 Å². The van der Waals surface area contributed by atoms with Crippen LogP contribution in [0, 0.1) is 11.8 Å². The third-order valence-corrected chi connectivity index (χ3v) is 3.89. The standard InChI is InChI=1S/C12H14N6O2S/c13-3-1-2-11-8-12(10-14-9-11)21(19,20)16-5-7-18-6-4-15-17-18/h4,6,8-10,16H,3,5,7,13H2. The van der Waals surface area contributed by atoms with Gasteiger partial charge in [-0.25, -0.2) is 13.1 Å². The molecule has 2 aromatic rings. The van der Waals surface area contributed by atoms with Crippen molar-refractivity contribution in [3.05, 3.63) is 36.4 Å². The predicted molar refractivity (Wildman–Crippen MR) is 75.4 cm³/mol. The Balaban J connectivity index is 2.04. The number of sulfonamides is 1. The van der Waals surface area contributed by atoms with E-state index in [1.807, 2.05) is 0 Å². The first-order valence-electron chi connectivity index (χ1n) is 6.09. The Morgan fingerprint density at radius 2 is 2.24 bits per heavy atom. The molecule has 21 heavy (non-hydrogen) atoms. The van der Waals surface area contributed by atoms with E-state index >= 15 is 0 Å². The molecule has 0 saturated heterocycles. The number of nitrogens with one attached hydrogen (secondary N) is 1. The molecular weight excluding hydrogens is 292 g/mol. The summed E-state index contributed by atoms with van der Waals surface area (Å²) in [7, 11) is -3.63.